The van der Waals surface area contributed by atoms with Gasteiger partial charge in [0.25, 0.3) is 0 Å². The van der Waals surface area contributed by atoms with E-state index in [1.54, 1.807) is 12.3 Å². The highest BCUT2D eigenvalue weighted by Crippen LogP contribution is 2.36. The van der Waals surface area contributed by atoms with Crippen LogP contribution in [0.1, 0.15) is 23.8 Å². The molecule has 1 aliphatic rings. The molecule has 6 heteroatoms. The Morgan fingerprint density at radius 3 is 2.82 bits per heavy atom. The average molecular weight is 380 g/mol. The van der Waals surface area contributed by atoms with E-state index in [9.17, 15) is 4.79 Å². The number of nitrogens with one attached hydrogen (secondary N) is 2. The molecular weight excluding hydrogens is 352 g/mol. The van der Waals surface area contributed by atoms with Crippen LogP contribution in [0.25, 0.3) is 0 Å². The Morgan fingerprint density at radius 1 is 1.29 bits per heavy atom. The van der Waals surface area contributed by atoms with Gasteiger partial charge in [-0.2, -0.15) is 0 Å². The lowest BCUT2D eigenvalue weighted by atomic mass is 9.94. The molecule has 28 heavy (non-hydrogen) atoms. The van der Waals surface area contributed by atoms with Gasteiger partial charge in [-0.05, 0) is 17.7 Å². The van der Waals surface area contributed by atoms with Crippen molar-refractivity contribution in [3.8, 4) is 0 Å². The van der Waals surface area contributed by atoms with E-state index in [2.05, 4.69) is 29.3 Å². The van der Waals surface area contributed by atoms with Gasteiger partial charge >= 0.3 is 0 Å². The summed E-state index contributed by atoms with van der Waals surface area (Å²) >= 11 is 0. The predicted molar refractivity (Wildman–Crippen MR) is 111 cm³/mol. The van der Waals surface area contributed by atoms with Gasteiger partial charge in [0, 0.05) is 45.4 Å². The molecule has 1 fully saturated rings. The third-order valence-corrected chi connectivity index (χ3v) is 4.98. The minimum absolute atomic E-state index is 0.0567. The molecule has 2 unspecified atom stereocenters. The van der Waals surface area contributed by atoms with E-state index in [0.717, 1.165) is 23.7 Å². The number of likely N-dealkylation sites (tertiary alicyclic amines) is 1. The molecule has 1 saturated heterocycles. The third kappa shape index (κ3) is 5.03. The molecule has 0 saturated carbocycles. The number of carbonyl (C=O) groups excluding carboxylic acids is 1. The van der Waals surface area contributed by atoms with E-state index in [1.165, 1.54) is 0 Å². The summed E-state index contributed by atoms with van der Waals surface area (Å²) in [6.07, 6.45) is 4.76. The quantitative estimate of drug-likeness (QED) is 0.420. The number of amides is 1. The number of nitrogens with zero attached hydrogens (tertiary/aromatic N) is 2. The molecule has 0 spiro atoms. The Labute approximate surface area is 166 Å². The number of aliphatic imine (C=N–C) groups is 1. The molecule has 0 aliphatic carbocycles. The van der Waals surface area contributed by atoms with Crippen LogP contribution in [-0.2, 0) is 11.2 Å². The maximum absolute atomic E-state index is 12.3. The summed E-state index contributed by atoms with van der Waals surface area (Å²) < 4.78 is 5.36. The zero-order valence-corrected chi connectivity index (χ0v) is 16.3. The molecule has 0 radical (unpaired) electrons. The molecule has 1 amide bonds. The number of hydrogen-bond acceptors (Lipinski definition) is 3. The smallest absolute Gasteiger partial charge is 0.223 e. The normalized spacial score (nSPS) is 19.7. The van der Waals surface area contributed by atoms with Gasteiger partial charge in [0.1, 0.15) is 5.76 Å². The number of rotatable bonds is 8. The van der Waals surface area contributed by atoms with Crippen molar-refractivity contribution in [3.63, 3.8) is 0 Å². The van der Waals surface area contributed by atoms with Gasteiger partial charge in [0.2, 0.25) is 5.91 Å². The van der Waals surface area contributed by atoms with Crippen LogP contribution in [0.2, 0.25) is 0 Å². The summed E-state index contributed by atoms with van der Waals surface area (Å²) in [5, 5.41) is 6.57. The Balaban J connectivity index is 1.65. The first-order valence-corrected chi connectivity index (χ1v) is 9.65. The van der Waals surface area contributed by atoms with E-state index >= 15 is 0 Å². The lowest BCUT2D eigenvalue weighted by Gasteiger charge is -2.25. The molecule has 1 aromatic carbocycles. The molecule has 148 valence electrons. The molecular formula is C22H28N4O2. The van der Waals surface area contributed by atoms with E-state index in [1.807, 2.05) is 42.3 Å². The molecule has 2 aromatic rings. The summed E-state index contributed by atoms with van der Waals surface area (Å²) in [4.78, 5) is 18.9. The fraction of sp³-hybridized carbons (Fsp3) is 0.364. The van der Waals surface area contributed by atoms with Gasteiger partial charge in [0.15, 0.2) is 5.96 Å². The van der Waals surface area contributed by atoms with Crippen molar-refractivity contribution >= 4 is 11.9 Å². The van der Waals surface area contributed by atoms with Gasteiger partial charge in [-0.1, -0.05) is 36.4 Å². The fourth-order valence-electron chi connectivity index (χ4n) is 3.57. The summed E-state index contributed by atoms with van der Waals surface area (Å²) in [6.45, 7) is 5.66. The van der Waals surface area contributed by atoms with Crippen LogP contribution in [0.5, 0.6) is 0 Å². The van der Waals surface area contributed by atoms with Crippen LogP contribution < -0.4 is 10.6 Å². The highest BCUT2D eigenvalue weighted by Gasteiger charge is 2.38. The minimum atomic E-state index is 0.0567. The lowest BCUT2D eigenvalue weighted by Crippen LogP contribution is -2.39. The highest BCUT2D eigenvalue weighted by molar-refractivity contribution is 5.81. The van der Waals surface area contributed by atoms with Crippen molar-refractivity contribution in [2.24, 2.45) is 10.9 Å². The lowest BCUT2D eigenvalue weighted by molar-refractivity contribution is -0.127. The maximum atomic E-state index is 12.3. The van der Waals surface area contributed by atoms with Gasteiger partial charge < -0.3 is 20.0 Å². The van der Waals surface area contributed by atoms with Gasteiger partial charge in [0.05, 0.1) is 12.3 Å². The van der Waals surface area contributed by atoms with Crippen molar-refractivity contribution in [1.82, 2.24) is 15.5 Å². The second-order valence-corrected chi connectivity index (χ2v) is 6.94. The second kappa shape index (κ2) is 9.78. The molecule has 3 rings (SSSR count). The zero-order chi connectivity index (χ0) is 19.8. The molecule has 0 bridgehead atoms. The Bertz CT molecular complexity index is 786. The molecule has 6 nitrogen and oxygen atoms in total. The summed E-state index contributed by atoms with van der Waals surface area (Å²) in [7, 11) is 1.88. The summed E-state index contributed by atoms with van der Waals surface area (Å²) in [5.41, 5.74) is 1.16. The summed E-state index contributed by atoms with van der Waals surface area (Å²) in [5.74, 6) is 1.97. The first-order valence-electron chi connectivity index (χ1n) is 9.65. The molecule has 1 aromatic heterocycles. The fourth-order valence-corrected chi connectivity index (χ4v) is 3.57. The van der Waals surface area contributed by atoms with Crippen LogP contribution in [0.15, 0.2) is 70.8 Å². The second-order valence-electron chi connectivity index (χ2n) is 6.94. The average Bonchev–Trinajstić information content (AvgIpc) is 3.32. The molecule has 2 atom stereocenters. The number of hydrogen-bond donors (Lipinski definition) is 2. The van der Waals surface area contributed by atoms with Crippen molar-refractivity contribution in [2.45, 2.75) is 18.9 Å². The van der Waals surface area contributed by atoms with Gasteiger partial charge in [-0.3, -0.25) is 9.79 Å². The summed E-state index contributed by atoms with van der Waals surface area (Å²) in [6, 6.07) is 14.1. The predicted octanol–water partition coefficient (Wildman–Crippen LogP) is 2.76. The largest absolute Gasteiger partial charge is 0.469 e. The Morgan fingerprint density at radius 2 is 2.11 bits per heavy atom. The third-order valence-electron chi connectivity index (χ3n) is 4.98. The van der Waals surface area contributed by atoms with Crippen molar-refractivity contribution in [1.29, 1.82) is 0 Å². The van der Waals surface area contributed by atoms with Crippen LogP contribution in [0.4, 0.5) is 0 Å². The van der Waals surface area contributed by atoms with E-state index in [0.29, 0.717) is 26.1 Å². The van der Waals surface area contributed by atoms with Crippen LogP contribution in [-0.4, -0.2) is 43.4 Å². The molecule has 1 aliphatic heterocycles. The van der Waals surface area contributed by atoms with Crippen LogP contribution >= 0.6 is 0 Å². The Hall–Kier alpha value is -3.02. The van der Waals surface area contributed by atoms with Crippen molar-refractivity contribution < 1.29 is 9.21 Å². The number of furan rings is 1. The van der Waals surface area contributed by atoms with Gasteiger partial charge in [-0.15, -0.1) is 6.58 Å². The van der Waals surface area contributed by atoms with Crippen molar-refractivity contribution in [2.75, 3.05) is 26.7 Å². The van der Waals surface area contributed by atoms with Crippen LogP contribution in [0.3, 0.4) is 0 Å². The standard InChI is InChI=1S/C22H28N4O2/c1-3-12-23-22(24-13-11-19-10-7-14-28-19)25-16-18-15-20(27)26(2)21(18)17-8-5-4-6-9-17/h3-10,14,18,21H,1,11-13,15-16H2,2H3,(H2,23,24,25). The van der Waals surface area contributed by atoms with Crippen LogP contribution in [0, 0.1) is 5.92 Å². The van der Waals surface area contributed by atoms with E-state index in [-0.39, 0.29) is 17.9 Å². The monoisotopic (exact) mass is 380 g/mol. The minimum Gasteiger partial charge on any atom is -0.469 e. The molecule has 2 N–H and O–H groups in total. The number of benzene rings is 1. The number of carbonyl (C=O) groups is 1. The van der Waals surface area contributed by atoms with Gasteiger partial charge in [-0.25, -0.2) is 0 Å². The molecule has 2 heterocycles. The number of guanidine groups is 1. The first kappa shape index (κ1) is 19.7. The first-order chi connectivity index (χ1) is 13.7. The zero-order valence-electron chi connectivity index (χ0n) is 16.3. The SMILES string of the molecule is C=CCNC(=NCC1CC(=O)N(C)C1c1ccccc1)NCCc1ccco1. The van der Waals surface area contributed by atoms with Crippen molar-refractivity contribution in [3.05, 3.63) is 72.7 Å². The topological polar surface area (TPSA) is 69.9 Å². The maximum Gasteiger partial charge on any atom is 0.223 e. The van der Waals surface area contributed by atoms with E-state index in [4.69, 9.17) is 9.41 Å². The Kier molecular flexibility index (Phi) is 6.89. The van der Waals surface area contributed by atoms with E-state index < -0.39 is 0 Å². The highest BCUT2D eigenvalue weighted by atomic mass is 16.3.